The number of methoxy groups -OCH3 is 2. The molecule has 17 nitrogen and oxygen atoms in total. The van der Waals surface area contributed by atoms with Gasteiger partial charge in [-0.2, -0.15) is 0 Å². The molecule has 2 aromatic carbocycles. The maximum absolute atomic E-state index is 14.7. The number of hydrogen-bond acceptors (Lipinski definition) is 16. The normalized spacial score (nSPS) is 31.6. The standard InChI is InChI=1S/C45H52N2O15/c1-18-14-28(50)25-16-26(25)37(52)20(3)36(51)21(4)41(61-23(6)48)19(2)29(58-8)12-13-60-45(7)43(56)33-31-32(38(53)22(5)42(33)62-45)40(55)35(47-44(18)57)34(39(31)54)46-17-24-10-11-27(49)30(15-24)59-9/h10-15,19-21,25-26,29,36-37,41,46,49,51-53H,16-17H2,1-9H3,(H,47,57)/b13-12+,18-14-/t19-,20+,21-,25-,26+,29+,36-,37-,41-,45+/m1/s1. The molecule has 5 aliphatic rings. The molecule has 0 unspecified atom stereocenters. The second-order valence-corrected chi connectivity index (χ2v) is 16.5. The zero-order valence-electron chi connectivity index (χ0n) is 35.9. The summed E-state index contributed by atoms with van der Waals surface area (Å²) in [4.78, 5) is 83.3. The molecule has 0 spiro atoms. The number of aliphatic hydroxyl groups is 2. The Morgan fingerprint density at radius 1 is 0.952 bits per heavy atom. The lowest BCUT2D eigenvalue weighted by atomic mass is 9.79. The van der Waals surface area contributed by atoms with Gasteiger partial charge in [0.05, 0.1) is 48.4 Å². The van der Waals surface area contributed by atoms with Crippen molar-refractivity contribution in [3.63, 3.8) is 0 Å². The van der Waals surface area contributed by atoms with Gasteiger partial charge in [-0.1, -0.05) is 26.8 Å². The zero-order valence-corrected chi connectivity index (χ0v) is 35.9. The first-order chi connectivity index (χ1) is 29.2. The number of hydrogen-bond donors (Lipinski definition) is 6. The number of aliphatic hydroxyl groups excluding tert-OH is 2. The molecule has 1 saturated carbocycles. The Labute approximate surface area is 357 Å². The fourth-order valence-corrected chi connectivity index (χ4v) is 8.53. The van der Waals surface area contributed by atoms with Gasteiger partial charge in [0.15, 0.2) is 17.3 Å². The number of benzene rings is 2. The first-order valence-corrected chi connectivity index (χ1v) is 20.2. The van der Waals surface area contributed by atoms with Crippen molar-refractivity contribution >= 4 is 35.0 Å². The summed E-state index contributed by atoms with van der Waals surface area (Å²) in [6, 6.07) is 4.35. The van der Waals surface area contributed by atoms with Crippen molar-refractivity contribution in [2.45, 2.75) is 91.6 Å². The number of phenolic OH excluding ortho intramolecular Hbond substituents is 2. The number of ketones is 4. The van der Waals surface area contributed by atoms with Gasteiger partial charge in [0.25, 0.3) is 11.7 Å². The van der Waals surface area contributed by atoms with Crippen LogP contribution in [0.1, 0.15) is 90.2 Å². The number of rotatable bonds is 6. The Balaban J connectivity index is 1.47. The van der Waals surface area contributed by atoms with Crippen LogP contribution in [0.2, 0.25) is 0 Å². The summed E-state index contributed by atoms with van der Waals surface area (Å²) >= 11 is 0. The average Bonchev–Trinajstić information content (AvgIpc) is 4.00. The van der Waals surface area contributed by atoms with E-state index in [2.05, 4.69) is 10.6 Å². The molecule has 0 radical (unpaired) electrons. The number of esters is 1. The molecule has 1 amide bonds. The second-order valence-electron chi connectivity index (χ2n) is 16.5. The van der Waals surface area contributed by atoms with Crippen LogP contribution in [0.4, 0.5) is 0 Å². The lowest BCUT2D eigenvalue weighted by molar-refractivity contribution is -0.160. The highest BCUT2D eigenvalue weighted by molar-refractivity contribution is 6.32. The third-order valence-electron chi connectivity index (χ3n) is 12.4. The Bertz CT molecular complexity index is 2330. The van der Waals surface area contributed by atoms with Crippen molar-refractivity contribution < 1.29 is 72.9 Å². The first kappa shape index (κ1) is 45.5. The minimum Gasteiger partial charge on any atom is -0.507 e. The van der Waals surface area contributed by atoms with Crippen LogP contribution in [0.25, 0.3) is 0 Å². The van der Waals surface area contributed by atoms with Crippen LogP contribution in [0.15, 0.2) is 53.6 Å². The number of Topliss-reactive ketones (excluding diaryl/α,β-unsaturated/α-hetero) is 3. The van der Waals surface area contributed by atoms with E-state index in [1.165, 1.54) is 66.2 Å². The van der Waals surface area contributed by atoms with Gasteiger partial charge in [-0.25, -0.2) is 0 Å². The van der Waals surface area contributed by atoms with Gasteiger partial charge in [0.1, 0.15) is 29.0 Å². The summed E-state index contributed by atoms with van der Waals surface area (Å²) < 4.78 is 28.6. The minimum absolute atomic E-state index is 0.0782. The van der Waals surface area contributed by atoms with Gasteiger partial charge in [0, 0.05) is 62.3 Å². The Hall–Kier alpha value is -6.04. The van der Waals surface area contributed by atoms with Crippen molar-refractivity contribution in [3.8, 4) is 23.0 Å². The molecular weight excluding hydrogens is 808 g/mol. The highest BCUT2D eigenvalue weighted by Gasteiger charge is 2.53. The predicted octanol–water partition coefficient (Wildman–Crippen LogP) is 3.47. The number of allylic oxidation sites excluding steroid dienone is 3. The molecule has 0 aromatic heterocycles. The predicted molar refractivity (Wildman–Crippen MR) is 218 cm³/mol. The lowest BCUT2D eigenvalue weighted by Crippen LogP contribution is -2.46. The average molecular weight is 861 g/mol. The van der Waals surface area contributed by atoms with E-state index in [-0.39, 0.29) is 46.9 Å². The molecule has 17 heteroatoms. The largest absolute Gasteiger partial charge is 0.507 e. The van der Waals surface area contributed by atoms with E-state index in [1.54, 1.807) is 20.8 Å². The highest BCUT2D eigenvalue weighted by atomic mass is 16.7. The number of amides is 1. The van der Waals surface area contributed by atoms with Gasteiger partial charge in [0.2, 0.25) is 11.6 Å². The number of fused-ring (bicyclic) bond motifs is 12. The number of nitrogens with one attached hydrogen (secondary N) is 2. The van der Waals surface area contributed by atoms with E-state index in [4.69, 9.17) is 23.7 Å². The van der Waals surface area contributed by atoms with E-state index in [0.717, 1.165) is 12.3 Å². The van der Waals surface area contributed by atoms with E-state index >= 15 is 0 Å². The summed E-state index contributed by atoms with van der Waals surface area (Å²) in [5.41, 5.74) is -2.26. The number of ether oxygens (including phenoxy) is 5. The van der Waals surface area contributed by atoms with Crippen LogP contribution in [0.5, 0.6) is 23.0 Å². The van der Waals surface area contributed by atoms with Crippen molar-refractivity contribution in [2.24, 2.45) is 29.6 Å². The minimum atomic E-state index is -2.16. The molecule has 0 saturated heterocycles. The van der Waals surface area contributed by atoms with Crippen LogP contribution < -0.4 is 20.1 Å². The number of carbonyl (C=O) groups is 6. The summed E-state index contributed by atoms with van der Waals surface area (Å²) in [7, 11) is 2.74. The fourth-order valence-electron chi connectivity index (χ4n) is 8.53. The maximum atomic E-state index is 14.7. The van der Waals surface area contributed by atoms with Crippen LogP contribution >= 0.6 is 0 Å². The first-order valence-electron chi connectivity index (χ1n) is 20.2. The van der Waals surface area contributed by atoms with Gasteiger partial charge in [-0.05, 0) is 56.0 Å². The Morgan fingerprint density at radius 2 is 1.65 bits per heavy atom. The SMILES string of the molecule is COc1cc(CNC2=C3NC(=O)/C(C)=C\C(=O)[C@@H]4C[C@@H]4[C@H](O)[C@@H](C)[C@@H](O)[C@@H](C)[C@H](OC(C)=O)[C@H](C)[C@@H](OC)/C=C/O[C@@]4(C)Oc5c(C)c(O)c(c(c5C4=O)C2=O)C3=O)ccc1O. The van der Waals surface area contributed by atoms with Gasteiger partial charge < -0.3 is 54.7 Å². The molecule has 7 rings (SSSR count). The fraction of sp³-hybridized carbons (Fsp3) is 0.467. The van der Waals surface area contributed by atoms with Crippen molar-refractivity contribution in [2.75, 3.05) is 14.2 Å². The smallest absolute Gasteiger partial charge is 0.312 e. The molecule has 332 valence electrons. The van der Waals surface area contributed by atoms with Crippen LogP contribution in [0, 0.1) is 36.5 Å². The van der Waals surface area contributed by atoms with Gasteiger partial charge in [-0.3, -0.25) is 28.8 Å². The molecule has 1 fully saturated rings. The molecule has 6 N–H and O–H groups in total. The topological polar surface area (TPSA) is 254 Å². The summed E-state index contributed by atoms with van der Waals surface area (Å²) in [5, 5.41) is 49.9. The van der Waals surface area contributed by atoms with E-state index < -0.39 is 123 Å². The lowest BCUT2D eigenvalue weighted by Gasteiger charge is -2.37. The third-order valence-corrected chi connectivity index (χ3v) is 12.4. The molecule has 2 aromatic rings. The van der Waals surface area contributed by atoms with Crippen molar-refractivity contribution in [1.82, 2.24) is 10.6 Å². The van der Waals surface area contributed by atoms with Crippen molar-refractivity contribution in [1.29, 1.82) is 0 Å². The summed E-state index contributed by atoms with van der Waals surface area (Å²) in [6.07, 6.45) is -0.338. The monoisotopic (exact) mass is 860 g/mol. The molecule has 3 heterocycles. The quantitative estimate of drug-likeness (QED) is 0.228. The number of phenols is 2. The maximum Gasteiger partial charge on any atom is 0.312 e. The zero-order chi connectivity index (χ0) is 45.7. The van der Waals surface area contributed by atoms with E-state index in [1.807, 2.05) is 0 Å². The van der Waals surface area contributed by atoms with Crippen molar-refractivity contribution in [3.05, 3.63) is 81.4 Å². The van der Waals surface area contributed by atoms with Crippen LogP contribution in [-0.2, 0) is 35.1 Å². The molecule has 5 bridgehead atoms. The summed E-state index contributed by atoms with van der Waals surface area (Å²) in [6.45, 7) is 10.0. The molecule has 2 aliphatic carbocycles. The second kappa shape index (κ2) is 17.4. The van der Waals surface area contributed by atoms with E-state index in [0.29, 0.717) is 5.56 Å². The van der Waals surface area contributed by atoms with Crippen LogP contribution in [-0.4, -0.2) is 99.9 Å². The molecule has 10 atom stereocenters. The van der Waals surface area contributed by atoms with Gasteiger partial charge in [-0.15, -0.1) is 0 Å². The third kappa shape index (κ3) is 8.19. The number of carbonyl (C=O) groups excluding carboxylic acids is 6. The van der Waals surface area contributed by atoms with E-state index in [9.17, 15) is 49.2 Å². The highest BCUT2D eigenvalue weighted by Crippen LogP contribution is 2.49. The number of aromatic hydroxyl groups is 2. The van der Waals surface area contributed by atoms with Gasteiger partial charge >= 0.3 is 11.8 Å². The Kier molecular flexibility index (Phi) is 12.7. The Morgan fingerprint density at radius 3 is 2.29 bits per heavy atom. The summed E-state index contributed by atoms with van der Waals surface area (Å²) in [5.74, 6) is -11.6. The molecule has 3 aliphatic heterocycles. The molecule has 62 heavy (non-hydrogen) atoms. The molecular formula is C45H52N2O15. The van der Waals surface area contributed by atoms with Crippen LogP contribution in [0.3, 0.4) is 0 Å².